The lowest BCUT2D eigenvalue weighted by atomic mass is 9.96. The molecule has 3 unspecified atom stereocenters. The molecule has 0 aromatic carbocycles. The van der Waals surface area contributed by atoms with Gasteiger partial charge in [-0.25, -0.2) is 0 Å². The van der Waals surface area contributed by atoms with Gasteiger partial charge in [-0.2, -0.15) is 0 Å². The fourth-order valence-electron chi connectivity index (χ4n) is 3.39. The highest BCUT2D eigenvalue weighted by molar-refractivity contribution is 5.89. The minimum absolute atomic E-state index is 0.0183. The van der Waals surface area contributed by atoms with Crippen LogP contribution in [0.15, 0.2) is 0 Å². The van der Waals surface area contributed by atoms with E-state index in [1.54, 1.807) is 4.90 Å². The molecule has 0 radical (unpaired) electrons. The lowest BCUT2D eigenvalue weighted by Crippen LogP contribution is -2.38. The van der Waals surface area contributed by atoms with Crippen molar-refractivity contribution in [1.82, 2.24) is 10.2 Å². The van der Waals surface area contributed by atoms with Crippen molar-refractivity contribution < 1.29 is 19.5 Å². The number of amides is 2. The Morgan fingerprint density at radius 1 is 1.38 bits per heavy atom. The zero-order chi connectivity index (χ0) is 15.6. The average Bonchev–Trinajstić information content (AvgIpc) is 3.01. The molecule has 2 rings (SSSR count). The molecule has 0 aromatic rings. The van der Waals surface area contributed by atoms with Crippen LogP contribution in [0.3, 0.4) is 0 Å². The highest BCUT2D eigenvalue weighted by Gasteiger charge is 2.37. The first kappa shape index (κ1) is 15.8. The standard InChI is InChI=1S/C15H24N2O4/c1-9(2)17-8-11(6-13(17)18)14(19)16-7-10-4-3-5-12(10)15(20)21/h9-12H,3-8H2,1-2H3,(H,16,19)(H,20,21). The molecule has 3 atom stereocenters. The van der Waals surface area contributed by atoms with Crippen LogP contribution in [0.5, 0.6) is 0 Å². The maximum absolute atomic E-state index is 12.2. The van der Waals surface area contributed by atoms with Crippen molar-refractivity contribution in [2.24, 2.45) is 17.8 Å². The van der Waals surface area contributed by atoms with Crippen molar-refractivity contribution in [3.63, 3.8) is 0 Å². The van der Waals surface area contributed by atoms with Gasteiger partial charge in [-0.1, -0.05) is 6.42 Å². The summed E-state index contributed by atoms with van der Waals surface area (Å²) in [4.78, 5) is 36.8. The maximum Gasteiger partial charge on any atom is 0.306 e. The number of carbonyl (C=O) groups excluding carboxylic acids is 2. The molecule has 21 heavy (non-hydrogen) atoms. The van der Waals surface area contributed by atoms with E-state index >= 15 is 0 Å². The van der Waals surface area contributed by atoms with Gasteiger partial charge in [-0.15, -0.1) is 0 Å². The molecule has 2 fully saturated rings. The van der Waals surface area contributed by atoms with Gasteiger partial charge in [0.05, 0.1) is 11.8 Å². The lowest BCUT2D eigenvalue weighted by Gasteiger charge is -2.21. The summed E-state index contributed by atoms with van der Waals surface area (Å²) >= 11 is 0. The molecular weight excluding hydrogens is 272 g/mol. The zero-order valence-electron chi connectivity index (χ0n) is 12.7. The minimum Gasteiger partial charge on any atom is -0.481 e. The Balaban J connectivity index is 1.83. The van der Waals surface area contributed by atoms with E-state index in [9.17, 15) is 14.4 Å². The van der Waals surface area contributed by atoms with Crippen LogP contribution in [0, 0.1) is 17.8 Å². The zero-order valence-corrected chi connectivity index (χ0v) is 12.7. The van der Waals surface area contributed by atoms with Gasteiger partial charge < -0.3 is 15.3 Å². The number of rotatable bonds is 5. The molecule has 2 amide bonds. The highest BCUT2D eigenvalue weighted by atomic mass is 16.4. The number of likely N-dealkylation sites (tertiary alicyclic amines) is 1. The van der Waals surface area contributed by atoms with Crippen molar-refractivity contribution >= 4 is 17.8 Å². The number of carbonyl (C=O) groups is 3. The number of aliphatic carboxylic acids is 1. The van der Waals surface area contributed by atoms with Crippen LogP contribution >= 0.6 is 0 Å². The van der Waals surface area contributed by atoms with Gasteiger partial charge in [0.1, 0.15) is 0 Å². The van der Waals surface area contributed by atoms with Gasteiger partial charge in [0.25, 0.3) is 0 Å². The minimum atomic E-state index is -0.770. The Bertz CT molecular complexity index is 435. The van der Waals surface area contributed by atoms with Crippen LogP contribution in [0.2, 0.25) is 0 Å². The van der Waals surface area contributed by atoms with Gasteiger partial charge in [-0.05, 0) is 32.6 Å². The fraction of sp³-hybridized carbons (Fsp3) is 0.800. The first-order valence-corrected chi connectivity index (χ1v) is 7.70. The molecule has 2 aliphatic rings. The average molecular weight is 296 g/mol. The van der Waals surface area contributed by atoms with E-state index in [1.165, 1.54) is 0 Å². The molecule has 6 heteroatoms. The van der Waals surface area contributed by atoms with Gasteiger partial charge in [0, 0.05) is 25.6 Å². The molecule has 6 nitrogen and oxygen atoms in total. The van der Waals surface area contributed by atoms with Crippen molar-refractivity contribution in [1.29, 1.82) is 0 Å². The number of nitrogens with one attached hydrogen (secondary N) is 1. The number of carboxylic acid groups (broad SMARTS) is 1. The summed E-state index contributed by atoms with van der Waals surface area (Å²) in [5, 5.41) is 12.0. The van der Waals surface area contributed by atoms with Gasteiger partial charge in [0.15, 0.2) is 0 Å². The monoisotopic (exact) mass is 296 g/mol. The van der Waals surface area contributed by atoms with Crippen LogP contribution in [0.4, 0.5) is 0 Å². The smallest absolute Gasteiger partial charge is 0.306 e. The van der Waals surface area contributed by atoms with E-state index in [2.05, 4.69) is 5.32 Å². The summed E-state index contributed by atoms with van der Waals surface area (Å²) in [6.07, 6.45) is 2.70. The Kier molecular flexibility index (Phi) is 4.85. The SMILES string of the molecule is CC(C)N1CC(C(=O)NCC2CCCC2C(=O)O)CC1=O. The molecule has 1 heterocycles. The van der Waals surface area contributed by atoms with Crippen molar-refractivity contribution in [2.45, 2.75) is 45.6 Å². The first-order valence-electron chi connectivity index (χ1n) is 7.70. The van der Waals surface area contributed by atoms with E-state index in [0.29, 0.717) is 19.5 Å². The molecule has 1 saturated heterocycles. The summed E-state index contributed by atoms with van der Waals surface area (Å²) in [6, 6.07) is 0.113. The molecule has 0 spiro atoms. The molecule has 118 valence electrons. The van der Waals surface area contributed by atoms with Crippen molar-refractivity contribution in [2.75, 3.05) is 13.1 Å². The molecule has 2 N–H and O–H groups in total. The molecule has 0 bridgehead atoms. The lowest BCUT2D eigenvalue weighted by molar-refractivity contribution is -0.143. The van der Waals surface area contributed by atoms with Crippen molar-refractivity contribution in [3.8, 4) is 0 Å². The highest BCUT2D eigenvalue weighted by Crippen LogP contribution is 2.31. The van der Waals surface area contributed by atoms with E-state index in [4.69, 9.17) is 5.11 Å². The fourth-order valence-corrected chi connectivity index (χ4v) is 3.39. The van der Waals surface area contributed by atoms with Crippen LogP contribution < -0.4 is 5.32 Å². The van der Waals surface area contributed by atoms with Crippen LogP contribution in [-0.4, -0.2) is 46.9 Å². The van der Waals surface area contributed by atoms with Gasteiger partial charge in [-0.3, -0.25) is 14.4 Å². The molecular formula is C15H24N2O4. The third-order valence-corrected chi connectivity index (χ3v) is 4.67. The topological polar surface area (TPSA) is 86.7 Å². The predicted octanol–water partition coefficient (Wildman–Crippen LogP) is 0.860. The quantitative estimate of drug-likeness (QED) is 0.788. The maximum atomic E-state index is 12.2. The summed E-state index contributed by atoms with van der Waals surface area (Å²) in [6.45, 7) is 4.75. The van der Waals surface area contributed by atoms with Gasteiger partial charge >= 0.3 is 5.97 Å². The number of hydrogen-bond donors (Lipinski definition) is 2. The second kappa shape index (κ2) is 6.45. The van der Waals surface area contributed by atoms with Gasteiger partial charge in [0.2, 0.25) is 11.8 Å². The molecule has 1 saturated carbocycles. The second-order valence-electron chi connectivity index (χ2n) is 6.42. The Labute approximate surface area is 124 Å². The predicted molar refractivity (Wildman–Crippen MR) is 76.4 cm³/mol. The summed E-state index contributed by atoms with van der Waals surface area (Å²) < 4.78 is 0. The van der Waals surface area contributed by atoms with Crippen molar-refractivity contribution in [3.05, 3.63) is 0 Å². The third-order valence-electron chi connectivity index (χ3n) is 4.67. The van der Waals surface area contributed by atoms with E-state index < -0.39 is 5.97 Å². The normalized spacial score (nSPS) is 29.2. The van der Waals surface area contributed by atoms with E-state index in [0.717, 1.165) is 12.8 Å². The molecule has 1 aliphatic heterocycles. The van der Waals surface area contributed by atoms with Crippen LogP contribution in [0.25, 0.3) is 0 Å². The molecule has 1 aliphatic carbocycles. The Morgan fingerprint density at radius 2 is 2.10 bits per heavy atom. The summed E-state index contributed by atoms with van der Waals surface area (Å²) in [7, 11) is 0. The first-order chi connectivity index (χ1) is 9.90. The van der Waals surface area contributed by atoms with E-state index in [1.807, 2.05) is 13.8 Å². The number of nitrogens with zero attached hydrogens (tertiary/aromatic N) is 1. The van der Waals surface area contributed by atoms with E-state index in [-0.39, 0.29) is 42.0 Å². The third kappa shape index (κ3) is 3.54. The number of hydrogen-bond acceptors (Lipinski definition) is 3. The van der Waals surface area contributed by atoms with Crippen LogP contribution in [-0.2, 0) is 14.4 Å². The van der Waals surface area contributed by atoms with Crippen LogP contribution in [0.1, 0.15) is 39.5 Å². The largest absolute Gasteiger partial charge is 0.481 e. The summed E-state index contributed by atoms with van der Waals surface area (Å²) in [5.74, 6) is -1.50. The number of carboxylic acids is 1. The molecule has 0 aromatic heterocycles. The Hall–Kier alpha value is -1.59. The second-order valence-corrected chi connectivity index (χ2v) is 6.42. The summed E-state index contributed by atoms with van der Waals surface area (Å²) in [5.41, 5.74) is 0. The Morgan fingerprint density at radius 3 is 2.67 bits per heavy atom.